The molecule has 0 aromatic carbocycles. The van der Waals surface area contributed by atoms with Crippen molar-refractivity contribution < 1.29 is 23.0 Å². The predicted octanol–water partition coefficient (Wildman–Crippen LogP) is 1.59. The SMILES string of the molecule is FC(F)COCCNC1CCOC2(CCOCC2)C1. The maximum atomic E-state index is 11.9. The van der Waals surface area contributed by atoms with E-state index in [9.17, 15) is 8.78 Å². The molecule has 1 atom stereocenters. The van der Waals surface area contributed by atoms with Crippen LogP contribution in [0.15, 0.2) is 0 Å². The van der Waals surface area contributed by atoms with Crippen LogP contribution >= 0.6 is 0 Å². The third-order valence-corrected chi connectivity index (χ3v) is 3.82. The molecule has 1 unspecified atom stereocenters. The number of alkyl halides is 2. The maximum absolute atomic E-state index is 11.9. The quantitative estimate of drug-likeness (QED) is 0.750. The van der Waals surface area contributed by atoms with Crippen molar-refractivity contribution in [2.45, 2.75) is 43.8 Å². The molecular weight excluding hydrogens is 256 g/mol. The lowest BCUT2D eigenvalue weighted by Gasteiger charge is -2.43. The van der Waals surface area contributed by atoms with Crippen LogP contribution in [0.5, 0.6) is 0 Å². The van der Waals surface area contributed by atoms with Crippen LogP contribution in [0.25, 0.3) is 0 Å². The van der Waals surface area contributed by atoms with Crippen molar-refractivity contribution in [2.24, 2.45) is 0 Å². The second kappa shape index (κ2) is 7.47. The molecule has 0 aliphatic carbocycles. The molecule has 1 spiro atoms. The Kier molecular flexibility index (Phi) is 5.94. The third kappa shape index (κ3) is 4.95. The van der Waals surface area contributed by atoms with Crippen LogP contribution in [0.2, 0.25) is 0 Å². The van der Waals surface area contributed by atoms with E-state index in [0.29, 0.717) is 19.2 Å². The van der Waals surface area contributed by atoms with Gasteiger partial charge in [-0.15, -0.1) is 0 Å². The Morgan fingerprint density at radius 3 is 2.79 bits per heavy atom. The molecule has 2 aliphatic heterocycles. The summed E-state index contributed by atoms with van der Waals surface area (Å²) in [7, 11) is 0. The highest BCUT2D eigenvalue weighted by molar-refractivity contribution is 4.91. The van der Waals surface area contributed by atoms with Crippen LogP contribution in [-0.2, 0) is 14.2 Å². The van der Waals surface area contributed by atoms with Gasteiger partial charge in [0.25, 0.3) is 6.43 Å². The van der Waals surface area contributed by atoms with E-state index in [1.807, 2.05) is 0 Å². The Balaban J connectivity index is 1.64. The highest BCUT2D eigenvalue weighted by atomic mass is 19.3. The van der Waals surface area contributed by atoms with Gasteiger partial charge in [-0.1, -0.05) is 0 Å². The first-order chi connectivity index (χ1) is 9.20. The Hall–Kier alpha value is -0.300. The highest BCUT2D eigenvalue weighted by Gasteiger charge is 2.38. The van der Waals surface area contributed by atoms with E-state index in [4.69, 9.17) is 14.2 Å². The summed E-state index contributed by atoms with van der Waals surface area (Å²) in [5.74, 6) is 0. The standard InChI is InChI=1S/C13H23F2NO3/c14-12(15)10-18-8-4-16-11-1-5-19-13(9-11)2-6-17-7-3-13/h11-12,16H,1-10H2. The van der Waals surface area contributed by atoms with Crippen LogP contribution in [0, 0.1) is 0 Å². The van der Waals surface area contributed by atoms with Gasteiger partial charge in [-0.05, 0) is 25.7 Å². The molecule has 2 heterocycles. The Morgan fingerprint density at radius 2 is 2.05 bits per heavy atom. The Labute approximate surface area is 112 Å². The summed E-state index contributed by atoms with van der Waals surface area (Å²) in [5, 5.41) is 3.38. The first kappa shape index (κ1) is 15.1. The molecule has 0 bridgehead atoms. The second-order valence-electron chi connectivity index (χ2n) is 5.25. The fraction of sp³-hybridized carbons (Fsp3) is 1.00. The van der Waals surface area contributed by atoms with Gasteiger partial charge in [-0.3, -0.25) is 0 Å². The van der Waals surface area contributed by atoms with Crippen molar-refractivity contribution >= 4 is 0 Å². The molecule has 0 radical (unpaired) electrons. The number of hydrogen-bond donors (Lipinski definition) is 1. The van der Waals surface area contributed by atoms with Crippen LogP contribution < -0.4 is 5.32 Å². The number of rotatable bonds is 6. The molecule has 0 aromatic heterocycles. The molecule has 2 saturated heterocycles. The van der Waals surface area contributed by atoms with Gasteiger partial charge in [0.1, 0.15) is 6.61 Å². The highest BCUT2D eigenvalue weighted by Crippen LogP contribution is 2.34. The van der Waals surface area contributed by atoms with E-state index in [1.165, 1.54) is 0 Å². The zero-order chi connectivity index (χ0) is 13.6. The van der Waals surface area contributed by atoms with Crippen molar-refractivity contribution in [1.29, 1.82) is 0 Å². The molecule has 2 rings (SSSR count). The number of nitrogens with one attached hydrogen (secondary N) is 1. The number of ether oxygens (including phenoxy) is 3. The number of halogens is 2. The summed E-state index contributed by atoms with van der Waals surface area (Å²) in [6.45, 7) is 2.77. The molecule has 0 saturated carbocycles. The van der Waals surface area contributed by atoms with E-state index < -0.39 is 13.0 Å². The maximum Gasteiger partial charge on any atom is 0.261 e. The summed E-state index contributed by atoms with van der Waals surface area (Å²) in [4.78, 5) is 0. The smallest absolute Gasteiger partial charge is 0.261 e. The van der Waals surface area contributed by atoms with Crippen LogP contribution in [0.1, 0.15) is 25.7 Å². The normalized spacial score (nSPS) is 27.0. The average molecular weight is 279 g/mol. The van der Waals surface area contributed by atoms with Crippen molar-refractivity contribution in [3.63, 3.8) is 0 Å². The molecule has 0 aromatic rings. The van der Waals surface area contributed by atoms with E-state index in [2.05, 4.69) is 5.32 Å². The topological polar surface area (TPSA) is 39.7 Å². The minimum absolute atomic E-state index is 0.0298. The molecule has 2 aliphatic rings. The van der Waals surface area contributed by atoms with Gasteiger partial charge in [0.2, 0.25) is 0 Å². The van der Waals surface area contributed by atoms with Crippen molar-refractivity contribution in [3.05, 3.63) is 0 Å². The molecule has 19 heavy (non-hydrogen) atoms. The summed E-state index contributed by atoms with van der Waals surface area (Å²) in [6, 6.07) is 0.391. The largest absolute Gasteiger partial charge is 0.381 e. The predicted molar refractivity (Wildman–Crippen MR) is 66.6 cm³/mol. The molecule has 0 amide bonds. The van der Waals surface area contributed by atoms with Gasteiger partial charge in [-0.2, -0.15) is 0 Å². The lowest BCUT2D eigenvalue weighted by atomic mass is 9.84. The van der Waals surface area contributed by atoms with Crippen LogP contribution in [-0.4, -0.2) is 57.6 Å². The van der Waals surface area contributed by atoms with Crippen LogP contribution in [0.4, 0.5) is 8.78 Å². The fourth-order valence-electron chi connectivity index (χ4n) is 2.80. The van der Waals surface area contributed by atoms with Gasteiger partial charge in [0, 0.05) is 32.4 Å². The first-order valence-electron chi connectivity index (χ1n) is 7.01. The summed E-state index contributed by atoms with van der Waals surface area (Å²) in [6.07, 6.45) is 1.47. The van der Waals surface area contributed by atoms with Gasteiger partial charge in [0.15, 0.2) is 0 Å². The summed E-state index contributed by atoms with van der Waals surface area (Å²) >= 11 is 0. The minimum Gasteiger partial charge on any atom is -0.381 e. The van der Waals surface area contributed by atoms with Crippen molar-refractivity contribution in [1.82, 2.24) is 5.32 Å². The lowest BCUT2D eigenvalue weighted by molar-refractivity contribution is -0.140. The van der Waals surface area contributed by atoms with Gasteiger partial charge >= 0.3 is 0 Å². The first-order valence-corrected chi connectivity index (χ1v) is 7.01. The number of hydrogen-bond acceptors (Lipinski definition) is 4. The molecule has 4 nitrogen and oxygen atoms in total. The second-order valence-corrected chi connectivity index (χ2v) is 5.25. The van der Waals surface area contributed by atoms with Crippen molar-refractivity contribution in [2.75, 3.05) is 39.6 Å². The third-order valence-electron chi connectivity index (χ3n) is 3.82. The summed E-state index contributed by atoms with van der Waals surface area (Å²) in [5.41, 5.74) is -0.0298. The van der Waals surface area contributed by atoms with Gasteiger partial charge < -0.3 is 19.5 Å². The van der Waals surface area contributed by atoms with E-state index in [0.717, 1.165) is 45.5 Å². The van der Waals surface area contributed by atoms with Gasteiger partial charge in [0.05, 0.1) is 12.2 Å². The molecule has 6 heteroatoms. The average Bonchev–Trinajstić information content (AvgIpc) is 2.39. The van der Waals surface area contributed by atoms with E-state index in [1.54, 1.807) is 0 Å². The lowest BCUT2D eigenvalue weighted by Crippen LogP contribution is -2.50. The zero-order valence-electron chi connectivity index (χ0n) is 11.2. The van der Waals surface area contributed by atoms with E-state index in [-0.39, 0.29) is 5.60 Å². The van der Waals surface area contributed by atoms with E-state index >= 15 is 0 Å². The molecule has 1 N–H and O–H groups in total. The Bertz CT molecular complexity index is 255. The van der Waals surface area contributed by atoms with Crippen LogP contribution in [0.3, 0.4) is 0 Å². The fourth-order valence-corrected chi connectivity index (χ4v) is 2.80. The minimum atomic E-state index is -2.38. The van der Waals surface area contributed by atoms with Crippen molar-refractivity contribution in [3.8, 4) is 0 Å². The molecular formula is C13H23F2NO3. The summed E-state index contributed by atoms with van der Waals surface area (Å²) < 4.78 is 39.9. The molecule has 2 fully saturated rings. The zero-order valence-corrected chi connectivity index (χ0v) is 11.2. The van der Waals surface area contributed by atoms with Gasteiger partial charge in [-0.25, -0.2) is 8.78 Å². The molecule has 112 valence electrons. The monoisotopic (exact) mass is 279 g/mol. The Morgan fingerprint density at radius 1 is 1.26 bits per heavy atom.